The molecular weight excluding hydrogens is 792 g/mol. The van der Waals surface area contributed by atoms with E-state index in [1.807, 2.05) is 37.3 Å². The van der Waals surface area contributed by atoms with Crippen molar-refractivity contribution in [1.29, 1.82) is 0 Å². The van der Waals surface area contributed by atoms with Crippen molar-refractivity contribution in [3.63, 3.8) is 0 Å². The van der Waals surface area contributed by atoms with Crippen LogP contribution in [0.4, 0.5) is 24.7 Å². The summed E-state index contributed by atoms with van der Waals surface area (Å²) in [6.45, 7) is 2.00. The van der Waals surface area contributed by atoms with Gasteiger partial charge in [-0.3, -0.25) is 29.5 Å². The Bertz CT molecular complexity index is 2600. The molecule has 0 unspecified atom stereocenters. The van der Waals surface area contributed by atoms with Crippen molar-refractivity contribution in [2.45, 2.75) is 43.7 Å². The quantitative estimate of drug-likeness (QED) is 0.130. The largest absolute Gasteiger partial charge is 0.507 e. The van der Waals surface area contributed by atoms with Gasteiger partial charge in [0.15, 0.2) is 5.82 Å². The highest BCUT2D eigenvalue weighted by atomic mass is 35.5. The minimum Gasteiger partial charge on any atom is -0.507 e. The first-order valence-electron chi connectivity index (χ1n) is 18.8. The van der Waals surface area contributed by atoms with Gasteiger partial charge in [-0.25, -0.2) is 4.98 Å². The zero-order valence-corrected chi connectivity index (χ0v) is 32.1. The van der Waals surface area contributed by atoms with Crippen LogP contribution in [-0.4, -0.2) is 38.7 Å². The van der Waals surface area contributed by atoms with Gasteiger partial charge >= 0.3 is 6.18 Å². The van der Waals surface area contributed by atoms with Gasteiger partial charge in [-0.05, 0) is 72.0 Å². The first kappa shape index (κ1) is 37.8. The normalized spacial score (nSPS) is 25.5. The maximum Gasteiger partial charge on any atom is 0.417 e. The lowest BCUT2D eigenvalue weighted by molar-refractivity contribution is -0.139. The second-order valence-electron chi connectivity index (χ2n) is 15.2. The number of anilines is 2. The highest BCUT2D eigenvalue weighted by Crippen LogP contribution is 2.65. The zero-order chi connectivity index (χ0) is 40.8. The van der Waals surface area contributed by atoms with E-state index in [2.05, 4.69) is 10.4 Å². The van der Waals surface area contributed by atoms with Crippen molar-refractivity contribution >= 4 is 69.1 Å². The number of hydrazine groups is 1. The number of phenols is 1. The molecular formula is C44H33Cl2F3N4O5. The standard InChI is InChI=1S/C44H33Cl2F3N4O5/c1-2-22-7-14-27(15-8-22)52-39(55)30-18-17-29-32(35(30)41(52)57)20-33-40(56)53(51-38-34(46)19-25(21-50-38)44(47,48)49)42(58)43(33,24-10-12-26(45)13-11-24)36(29)31-16-9-23-5-3-4-6-28(23)37(31)54/h3-17,19,21,30,32-33,35-36,54H,2,18,20H2,1H3,(H,50,51)/t30-,32+,33-,35-,36+,43+/m0/s1. The number of phenolic OH excluding ortho intramolecular Hbond substituents is 1. The molecule has 3 heterocycles. The molecule has 1 aromatic heterocycles. The molecule has 2 aliphatic carbocycles. The lowest BCUT2D eigenvalue weighted by atomic mass is 9.49. The van der Waals surface area contributed by atoms with E-state index in [1.165, 1.54) is 4.90 Å². The molecule has 3 fully saturated rings. The van der Waals surface area contributed by atoms with E-state index in [4.69, 9.17) is 23.2 Å². The highest BCUT2D eigenvalue weighted by molar-refractivity contribution is 6.33. The molecule has 0 bridgehead atoms. The van der Waals surface area contributed by atoms with Crippen LogP contribution in [0.15, 0.2) is 109 Å². The Morgan fingerprint density at radius 2 is 1.62 bits per heavy atom. The van der Waals surface area contributed by atoms with Crippen molar-refractivity contribution in [3.05, 3.63) is 141 Å². The average Bonchev–Trinajstić information content (AvgIpc) is 3.59. The summed E-state index contributed by atoms with van der Waals surface area (Å²) < 4.78 is 40.7. The Labute approximate surface area is 340 Å². The number of nitrogens with one attached hydrogen (secondary N) is 1. The van der Waals surface area contributed by atoms with E-state index < -0.39 is 69.5 Å². The van der Waals surface area contributed by atoms with E-state index in [0.29, 0.717) is 50.4 Å². The first-order chi connectivity index (χ1) is 27.7. The summed E-state index contributed by atoms with van der Waals surface area (Å²) in [4.78, 5) is 64.3. The fraction of sp³-hybridized carbons (Fsp3) is 0.250. The Balaban J connectivity index is 1.24. The molecule has 9 nitrogen and oxygen atoms in total. The molecule has 14 heteroatoms. The minimum absolute atomic E-state index is 0.0565. The number of fused-ring (bicyclic) bond motifs is 5. The molecule has 9 rings (SSSR count). The molecule has 4 aromatic carbocycles. The van der Waals surface area contributed by atoms with Crippen molar-refractivity contribution in [2.75, 3.05) is 10.3 Å². The number of aromatic hydroxyl groups is 1. The summed E-state index contributed by atoms with van der Waals surface area (Å²) in [6.07, 6.45) is -1.48. The third kappa shape index (κ3) is 5.55. The Morgan fingerprint density at radius 3 is 2.31 bits per heavy atom. The molecule has 1 saturated carbocycles. The van der Waals surface area contributed by atoms with E-state index in [9.17, 15) is 32.7 Å². The number of aryl methyl sites for hydroxylation is 1. The summed E-state index contributed by atoms with van der Waals surface area (Å²) in [5.74, 6) is -7.53. The second kappa shape index (κ2) is 13.7. The fourth-order valence-electron chi connectivity index (χ4n) is 9.77. The van der Waals surface area contributed by atoms with Gasteiger partial charge in [0.25, 0.3) is 11.8 Å². The van der Waals surface area contributed by atoms with Crippen LogP contribution >= 0.6 is 23.2 Å². The van der Waals surface area contributed by atoms with Crippen LogP contribution in [0.3, 0.4) is 0 Å². The summed E-state index contributed by atoms with van der Waals surface area (Å²) in [5.41, 5.74) is 2.46. The van der Waals surface area contributed by atoms with E-state index >= 15 is 4.79 Å². The zero-order valence-electron chi connectivity index (χ0n) is 30.6. The number of halogens is 5. The van der Waals surface area contributed by atoms with Gasteiger partial charge in [-0.2, -0.15) is 18.2 Å². The second-order valence-corrected chi connectivity index (χ2v) is 16.0. The fourth-order valence-corrected chi connectivity index (χ4v) is 10.1. The van der Waals surface area contributed by atoms with Gasteiger partial charge < -0.3 is 5.11 Å². The third-order valence-electron chi connectivity index (χ3n) is 12.4. The lowest BCUT2D eigenvalue weighted by Crippen LogP contribution is -2.53. The first-order valence-corrected chi connectivity index (χ1v) is 19.5. The molecule has 0 spiro atoms. The van der Waals surface area contributed by atoms with Gasteiger partial charge in [0.05, 0.1) is 39.4 Å². The molecule has 58 heavy (non-hydrogen) atoms. The molecule has 2 aliphatic heterocycles. The number of benzene rings is 4. The number of allylic oxidation sites excluding steroid dienone is 2. The number of hydrogen-bond donors (Lipinski definition) is 2. The third-order valence-corrected chi connectivity index (χ3v) is 12.9. The number of pyridine rings is 1. The van der Waals surface area contributed by atoms with Gasteiger partial charge in [0, 0.05) is 28.1 Å². The Hall–Kier alpha value is -5.72. The van der Waals surface area contributed by atoms with Crippen molar-refractivity contribution in [3.8, 4) is 5.75 Å². The maximum absolute atomic E-state index is 15.5. The van der Waals surface area contributed by atoms with E-state index in [0.717, 1.165) is 17.0 Å². The average molecular weight is 826 g/mol. The summed E-state index contributed by atoms with van der Waals surface area (Å²) in [6, 6.07) is 25.0. The van der Waals surface area contributed by atoms with E-state index in [-0.39, 0.29) is 30.3 Å². The topological polar surface area (TPSA) is 120 Å². The number of imide groups is 2. The van der Waals surface area contributed by atoms with Crippen LogP contribution in [0.5, 0.6) is 5.75 Å². The maximum atomic E-state index is 15.5. The summed E-state index contributed by atoms with van der Waals surface area (Å²) >= 11 is 12.7. The number of carbonyl (C=O) groups is 4. The molecule has 6 atom stereocenters. The van der Waals surface area contributed by atoms with Crippen LogP contribution in [-0.2, 0) is 37.2 Å². The Morgan fingerprint density at radius 1 is 0.897 bits per heavy atom. The molecule has 2 saturated heterocycles. The minimum atomic E-state index is -4.76. The summed E-state index contributed by atoms with van der Waals surface area (Å²) in [7, 11) is 0. The monoisotopic (exact) mass is 824 g/mol. The number of alkyl halides is 3. The SMILES string of the molecule is CCc1ccc(N2C(=O)[C@H]3[C@H](CC=C4[C@H]3C[C@H]3C(=O)N(Nc5ncc(C(F)(F)F)cc5Cl)C(=O)[C@@]3(c3ccc(Cl)cc3)[C@H]4c3ccc4ccccc4c3O)C2=O)cc1. The molecule has 4 amide bonds. The smallest absolute Gasteiger partial charge is 0.417 e. The van der Waals surface area contributed by atoms with Crippen molar-refractivity contribution in [1.82, 2.24) is 9.99 Å². The van der Waals surface area contributed by atoms with Gasteiger partial charge in [0.2, 0.25) is 11.8 Å². The van der Waals surface area contributed by atoms with Gasteiger partial charge in [-0.1, -0.05) is 102 Å². The van der Waals surface area contributed by atoms with E-state index in [1.54, 1.807) is 60.7 Å². The number of aromatic nitrogens is 1. The number of hydrogen-bond acceptors (Lipinski definition) is 7. The molecule has 294 valence electrons. The predicted octanol–water partition coefficient (Wildman–Crippen LogP) is 9.02. The highest BCUT2D eigenvalue weighted by Gasteiger charge is 2.70. The van der Waals surface area contributed by atoms with Crippen LogP contribution in [0.1, 0.15) is 47.9 Å². The molecule has 4 aliphatic rings. The van der Waals surface area contributed by atoms with Crippen LogP contribution < -0.4 is 10.3 Å². The summed E-state index contributed by atoms with van der Waals surface area (Å²) in [5, 5.41) is 14.0. The van der Waals surface area contributed by atoms with Crippen molar-refractivity contribution < 1.29 is 37.5 Å². The van der Waals surface area contributed by atoms with Gasteiger partial charge in [0.1, 0.15) is 5.75 Å². The van der Waals surface area contributed by atoms with Crippen molar-refractivity contribution in [2.24, 2.45) is 23.7 Å². The Kier molecular flexibility index (Phi) is 8.94. The lowest BCUT2D eigenvalue weighted by Gasteiger charge is -2.50. The number of carbonyl (C=O) groups excluding carboxylic acids is 4. The molecule has 5 aromatic rings. The van der Waals surface area contributed by atoms with Crippen LogP contribution in [0, 0.1) is 23.7 Å². The molecule has 2 N–H and O–H groups in total. The number of amides is 4. The molecule has 0 radical (unpaired) electrons. The van der Waals surface area contributed by atoms with Crippen LogP contribution in [0.2, 0.25) is 10.0 Å². The van der Waals surface area contributed by atoms with Gasteiger partial charge in [-0.15, -0.1) is 0 Å². The number of nitrogens with zero attached hydrogens (tertiary/aromatic N) is 3. The number of rotatable bonds is 6. The van der Waals surface area contributed by atoms with Crippen LogP contribution in [0.25, 0.3) is 10.8 Å². The predicted molar refractivity (Wildman–Crippen MR) is 211 cm³/mol.